The summed E-state index contributed by atoms with van der Waals surface area (Å²) in [4.78, 5) is 0. The lowest BCUT2D eigenvalue weighted by Gasteiger charge is -2.09. The standard InChI is InChI=1S/C15H14F2N6OS/c1-24-12-4-3-10(7-11(12)9-22-6-2-5-18-22)8-19-23-14(13(16)17)20-21-15(23)25/h2-8,13H,9H2,1H3,(H,21,25)/b19-8-. The summed E-state index contributed by atoms with van der Waals surface area (Å²) in [7, 11) is 1.58. The maximum Gasteiger partial charge on any atom is 0.299 e. The summed E-state index contributed by atoms with van der Waals surface area (Å²) in [5.41, 5.74) is 1.58. The Morgan fingerprint density at radius 3 is 2.96 bits per heavy atom. The van der Waals surface area contributed by atoms with Crippen LogP contribution in [0.1, 0.15) is 23.4 Å². The molecular weight excluding hydrogens is 350 g/mol. The highest BCUT2D eigenvalue weighted by molar-refractivity contribution is 7.71. The molecule has 25 heavy (non-hydrogen) atoms. The summed E-state index contributed by atoms with van der Waals surface area (Å²) in [5, 5.41) is 13.9. The van der Waals surface area contributed by atoms with E-state index in [0.29, 0.717) is 17.9 Å². The molecule has 0 amide bonds. The fourth-order valence-corrected chi connectivity index (χ4v) is 2.44. The van der Waals surface area contributed by atoms with Crippen LogP contribution in [-0.4, -0.2) is 38.0 Å². The molecule has 0 aliphatic rings. The highest BCUT2D eigenvalue weighted by Gasteiger charge is 2.16. The first-order chi connectivity index (χ1) is 12.1. The van der Waals surface area contributed by atoms with Gasteiger partial charge < -0.3 is 4.74 Å². The van der Waals surface area contributed by atoms with Crippen molar-refractivity contribution in [1.29, 1.82) is 0 Å². The van der Waals surface area contributed by atoms with Gasteiger partial charge in [-0.15, -0.1) is 0 Å². The molecule has 0 unspecified atom stereocenters. The van der Waals surface area contributed by atoms with Crippen molar-refractivity contribution >= 4 is 18.4 Å². The quantitative estimate of drug-likeness (QED) is 0.539. The van der Waals surface area contributed by atoms with E-state index in [1.165, 1.54) is 6.21 Å². The zero-order chi connectivity index (χ0) is 17.8. The summed E-state index contributed by atoms with van der Waals surface area (Å²) in [5.74, 6) is 0.160. The number of rotatable bonds is 6. The number of aromatic amines is 1. The van der Waals surface area contributed by atoms with Crippen molar-refractivity contribution in [2.75, 3.05) is 7.11 Å². The van der Waals surface area contributed by atoms with Gasteiger partial charge in [-0.05, 0) is 42.0 Å². The minimum absolute atomic E-state index is 0.00294. The number of halogens is 2. The Kier molecular flexibility index (Phi) is 4.98. The van der Waals surface area contributed by atoms with Crippen LogP contribution in [0.25, 0.3) is 0 Å². The molecule has 3 rings (SSSR count). The summed E-state index contributed by atoms with van der Waals surface area (Å²) in [6.07, 6.45) is 2.17. The van der Waals surface area contributed by atoms with Gasteiger partial charge in [0.2, 0.25) is 10.6 Å². The molecule has 0 saturated heterocycles. The number of benzene rings is 1. The minimum Gasteiger partial charge on any atom is -0.496 e. The molecule has 0 saturated carbocycles. The summed E-state index contributed by atoms with van der Waals surface area (Å²) in [6, 6.07) is 7.21. The molecule has 7 nitrogen and oxygen atoms in total. The molecule has 0 aliphatic carbocycles. The van der Waals surface area contributed by atoms with Crippen molar-refractivity contribution in [1.82, 2.24) is 24.7 Å². The summed E-state index contributed by atoms with van der Waals surface area (Å²) >= 11 is 4.92. The number of hydrogen-bond donors (Lipinski definition) is 1. The second-order valence-corrected chi connectivity index (χ2v) is 5.41. The van der Waals surface area contributed by atoms with Crippen molar-refractivity contribution in [3.05, 3.63) is 58.4 Å². The lowest BCUT2D eigenvalue weighted by molar-refractivity contribution is 0.136. The van der Waals surface area contributed by atoms with Crippen LogP contribution in [0.2, 0.25) is 0 Å². The minimum atomic E-state index is -2.78. The number of hydrogen-bond acceptors (Lipinski definition) is 5. The van der Waals surface area contributed by atoms with E-state index in [2.05, 4.69) is 20.4 Å². The topological polar surface area (TPSA) is 73.0 Å². The van der Waals surface area contributed by atoms with Gasteiger partial charge >= 0.3 is 0 Å². The molecule has 0 aliphatic heterocycles. The Balaban J connectivity index is 1.90. The van der Waals surface area contributed by atoms with Crippen LogP contribution in [-0.2, 0) is 6.54 Å². The van der Waals surface area contributed by atoms with E-state index in [1.807, 2.05) is 18.3 Å². The van der Waals surface area contributed by atoms with Crippen molar-refractivity contribution < 1.29 is 13.5 Å². The van der Waals surface area contributed by atoms with E-state index in [0.717, 1.165) is 10.2 Å². The van der Waals surface area contributed by atoms with Crippen LogP contribution in [0.3, 0.4) is 0 Å². The van der Waals surface area contributed by atoms with Crippen molar-refractivity contribution in [2.24, 2.45) is 5.10 Å². The van der Waals surface area contributed by atoms with Gasteiger partial charge in [-0.3, -0.25) is 4.68 Å². The Morgan fingerprint density at radius 1 is 1.44 bits per heavy atom. The van der Waals surface area contributed by atoms with Gasteiger partial charge in [0.1, 0.15) is 5.75 Å². The Hall–Kier alpha value is -2.88. The van der Waals surface area contributed by atoms with Crippen LogP contribution in [0.5, 0.6) is 5.75 Å². The average Bonchev–Trinajstić information content (AvgIpc) is 3.23. The third-order valence-electron chi connectivity index (χ3n) is 3.39. The van der Waals surface area contributed by atoms with Gasteiger partial charge in [-0.1, -0.05) is 0 Å². The van der Waals surface area contributed by atoms with Gasteiger partial charge in [0.05, 0.1) is 19.9 Å². The van der Waals surface area contributed by atoms with Crippen molar-refractivity contribution in [3.63, 3.8) is 0 Å². The zero-order valence-corrected chi connectivity index (χ0v) is 14.0. The molecule has 1 N–H and O–H groups in total. The molecule has 3 aromatic rings. The molecule has 0 radical (unpaired) electrons. The van der Waals surface area contributed by atoms with E-state index >= 15 is 0 Å². The normalized spacial score (nSPS) is 11.5. The number of ether oxygens (including phenoxy) is 1. The highest BCUT2D eigenvalue weighted by atomic mass is 32.1. The van der Waals surface area contributed by atoms with Gasteiger partial charge in [-0.25, -0.2) is 13.9 Å². The van der Waals surface area contributed by atoms with Gasteiger partial charge in [0, 0.05) is 18.0 Å². The number of H-pyrrole nitrogens is 1. The van der Waals surface area contributed by atoms with Crippen molar-refractivity contribution in [3.8, 4) is 5.75 Å². The number of nitrogens with one attached hydrogen (secondary N) is 1. The third kappa shape index (κ3) is 3.79. The molecule has 130 valence electrons. The summed E-state index contributed by atoms with van der Waals surface area (Å²) in [6.45, 7) is 0.505. The number of aromatic nitrogens is 5. The Labute approximate surface area is 146 Å². The smallest absolute Gasteiger partial charge is 0.299 e. The van der Waals surface area contributed by atoms with E-state index in [1.54, 1.807) is 30.1 Å². The average molecular weight is 364 g/mol. The first-order valence-electron chi connectivity index (χ1n) is 7.22. The van der Waals surface area contributed by atoms with Crippen LogP contribution in [0, 0.1) is 4.77 Å². The van der Waals surface area contributed by atoms with E-state index < -0.39 is 12.2 Å². The third-order valence-corrected chi connectivity index (χ3v) is 3.65. The molecule has 0 spiro atoms. The molecule has 0 fully saturated rings. The molecule has 0 bridgehead atoms. The largest absolute Gasteiger partial charge is 0.496 e. The number of nitrogens with zero attached hydrogens (tertiary/aromatic N) is 5. The molecule has 2 heterocycles. The number of methoxy groups -OCH3 is 1. The zero-order valence-electron chi connectivity index (χ0n) is 13.1. The maximum absolute atomic E-state index is 12.9. The Morgan fingerprint density at radius 2 is 2.28 bits per heavy atom. The van der Waals surface area contributed by atoms with Crippen LogP contribution in [0.15, 0.2) is 41.8 Å². The summed E-state index contributed by atoms with van der Waals surface area (Å²) < 4.78 is 33.8. The molecule has 1 aromatic carbocycles. The number of alkyl halides is 2. The molecule has 2 aromatic heterocycles. The first-order valence-corrected chi connectivity index (χ1v) is 7.63. The SMILES string of the molecule is COc1ccc(/C=N\n2c(C(F)F)n[nH]c2=S)cc1Cn1cccn1. The second-order valence-electron chi connectivity index (χ2n) is 5.02. The van der Waals surface area contributed by atoms with Crippen LogP contribution < -0.4 is 4.74 Å². The Bertz CT molecular complexity index is 932. The van der Waals surface area contributed by atoms with E-state index in [9.17, 15) is 8.78 Å². The predicted octanol–water partition coefficient (Wildman–Crippen LogP) is 3.01. The fourth-order valence-electron chi connectivity index (χ4n) is 2.25. The van der Waals surface area contributed by atoms with E-state index in [-0.39, 0.29) is 4.77 Å². The lowest BCUT2D eigenvalue weighted by Crippen LogP contribution is -2.03. The first kappa shape index (κ1) is 17.0. The van der Waals surface area contributed by atoms with Crippen LogP contribution >= 0.6 is 12.2 Å². The van der Waals surface area contributed by atoms with Gasteiger partial charge in [-0.2, -0.15) is 20.0 Å². The predicted molar refractivity (Wildman–Crippen MR) is 89.7 cm³/mol. The van der Waals surface area contributed by atoms with Gasteiger partial charge in [0.15, 0.2) is 0 Å². The molecule has 10 heteroatoms. The van der Waals surface area contributed by atoms with Crippen molar-refractivity contribution in [2.45, 2.75) is 13.0 Å². The molecule has 0 atom stereocenters. The second kappa shape index (κ2) is 7.34. The fraction of sp³-hybridized carbons (Fsp3) is 0.200. The highest BCUT2D eigenvalue weighted by Crippen LogP contribution is 2.21. The lowest BCUT2D eigenvalue weighted by atomic mass is 10.1. The monoisotopic (exact) mass is 364 g/mol. The van der Waals surface area contributed by atoms with Gasteiger partial charge in [0.25, 0.3) is 6.43 Å². The van der Waals surface area contributed by atoms with Crippen LogP contribution in [0.4, 0.5) is 8.78 Å². The maximum atomic E-state index is 12.9. The van der Waals surface area contributed by atoms with E-state index in [4.69, 9.17) is 17.0 Å². The molecular formula is C15H14F2N6OS.